The van der Waals surface area contributed by atoms with Gasteiger partial charge in [-0.15, -0.1) is 0 Å². The molecule has 0 spiro atoms. The predicted molar refractivity (Wildman–Crippen MR) is 104 cm³/mol. The van der Waals surface area contributed by atoms with E-state index in [2.05, 4.69) is 9.80 Å². The summed E-state index contributed by atoms with van der Waals surface area (Å²) in [5.41, 5.74) is 1.73. The average Bonchev–Trinajstić information content (AvgIpc) is 3.27. The van der Waals surface area contributed by atoms with Crippen LogP contribution >= 0.6 is 11.3 Å². The van der Waals surface area contributed by atoms with Crippen molar-refractivity contribution >= 4 is 32.6 Å². The van der Waals surface area contributed by atoms with Crippen LogP contribution < -0.4 is 4.90 Å². The molecule has 0 unspecified atom stereocenters. The van der Waals surface area contributed by atoms with Crippen molar-refractivity contribution in [2.24, 2.45) is 0 Å². The summed E-state index contributed by atoms with van der Waals surface area (Å²) in [5, 5.41) is 1.10. The number of nitrogens with zero attached hydrogens (tertiary/aromatic N) is 4. The number of thiazole rings is 1. The zero-order valence-electron chi connectivity index (χ0n) is 15.1. The molecule has 3 heterocycles. The molecular formula is C19H26N4OS. The van der Waals surface area contributed by atoms with Crippen LogP contribution in [-0.2, 0) is 0 Å². The number of likely N-dealkylation sites (tertiary alicyclic amines) is 1. The molecular weight excluding hydrogens is 332 g/mol. The first kappa shape index (κ1) is 16.8. The number of rotatable bonds is 3. The highest BCUT2D eigenvalue weighted by molar-refractivity contribution is 7.22. The van der Waals surface area contributed by atoms with Gasteiger partial charge in [0, 0.05) is 38.8 Å². The fourth-order valence-corrected chi connectivity index (χ4v) is 4.98. The Labute approximate surface area is 153 Å². The molecule has 0 saturated carbocycles. The van der Waals surface area contributed by atoms with Crippen molar-refractivity contribution < 1.29 is 4.79 Å². The van der Waals surface area contributed by atoms with Crippen LogP contribution in [0.1, 0.15) is 36.0 Å². The maximum atomic E-state index is 12.2. The summed E-state index contributed by atoms with van der Waals surface area (Å²) in [5.74, 6) is 0.0446. The van der Waals surface area contributed by atoms with Gasteiger partial charge in [-0.2, -0.15) is 0 Å². The smallest absolute Gasteiger partial charge is 0.253 e. The van der Waals surface area contributed by atoms with E-state index in [9.17, 15) is 4.79 Å². The van der Waals surface area contributed by atoms with Crippen molar-refractivity contribution in [3.8, 4) is 0 Å². The number of aromatic nitrogens is 1. The molecule has 2 aliphatic heterocycles. The first-order valence-electron chi connectivity index (χ1n) is 9.23. The Bertz CT molecular complexity index is 766. The molecule has 4 rings (SSSR count). The number of amides is 1. The van der Waals surface area contributed by atoms with E-state index in [1.165, 1.54) is 38.8 Å². The molecule has 0 radical (unpaired) electrons. The Morgan fingerprint density at radius 3 is 2.76 bits per heavy atom. The van der Waals surface area contributed by atoms with Gasteiger partial charge in [-0.05, 0) is 50.6 Å². The molecule has 2 fully saturated rings. The molecule has 1 aromatic heterocycles. The molecule has 0 N–H and O–H groups in total. The molecule has 134 valence electrons. The minimum absolute atomic E-state index is 0.0446. The van der Waals surface area contributed by atoms with Gasteiger partial charge in [0.05, 0.1) is 10.2 Å². The lowest BCUT2D eigenvalue weighted by Gasteiger charge is -2.32. The van der Waals surface area contributed by atoms with E-state index in [1.54, 1.807) is 30.3 Å². The fourth-order valence-electron chi connectivity index (χ4n) is 3.94. The molecule has 1 atom stereocenters. The van der Waals surface area contributed by atoms with Crippen LogP contribution in [0, 0.1) is 0 Å². The van der Waals surface area contributed by atoms with Crippen LogP contribution in [0.5, 0.6) is 0 Å². The third-order valence-electron chi connectivity index (χ3n) is 5.37. The molecule has 1 aromatic carbocycles. The number of anilines is 1. The van der Waals surface area contributed by atoms with Crippen LogP contribution in [0.25, 0.3) is 10.2 Å². The molecule has 6 heteroatoms. The van der Waals surface area contributed by atoms with Crippen LogP contribution in [-0.4, -0.2) is 67.0 Å². The molecule has 2 aliphatic rings. The van der Waals surface area contributed by atoms with Crippen LogP contribution in [0.15, 0.2) is 18.2 Å². The van der Waals surface area contributed by atoms with Gasteiger partial charge in [-0.3, -0.25) is 9.69 Å². The van der Waals surface area contributed by atoms with Crippen molar-refractivity contribution in [3.63, 3.8) is 0 Å². The Kier molecular flexibility index (Phi) is 4.65. The van der Waals surface area contributed by atoms with Crippen molar-refractivity contribution in [2.45, 2.75) is 31.7 Å². The quantitative estimate of drug-likeness (QED) is 0.845. The van der Waals surface area contributed by atoms with Gasteiger partial charge in [0.25, 0.3) is 5.91 Å². The Morgan fingerprint density at radius 2 is 2.00 bits per heavy atom. The Balaban J connectivity index is 1.51. The van der Waals surface area contributed by atoms with Gasteiger partial charge in [0.15, 0.2) is 5.13 Å². The van der Waals surface area contributed by atoms with Gasteiger partial charge in [0.1, 0.15) is 0 Å². The van der Waals surface area contributed by atoms with Crippen LogP contribution in [0.3, 0.4) is 0 Å². The maximum Gasteiger partial charge on any atom is 0.253 e. The fraction of sp³-hybridized carbons (Fsp3) is 0.579. The predicted octanol–water partition coefficient (Wildman–Crippen LogP) is 3.06. The monoisotopic (exact) mass is 358 g/mol. The number of hydrogen-bond acceptors (Lipinski definition) is 5. The molecule has 5 nitrogen and oxygen atoms in total. The summed E-state index contributed by atoms with van der Waals surface area (Å²) in [4.78, 5) is 23.7. The van der Waals surface area contributed by atoms with Gasteiger partial charge >= 0.3 is 0 Å². The van der Waals surface area contributed by atoms with Crippen molar-refractivity contribution in [2.75, 3.05) is 45.2 Å². The minimum atomic E-state index is 0.0446. The normalized spacial score (nSPS) is 21.8. The molecule has 0 bridgehead atoms. The number of benzene rings is 1. The second-order valence-electron chi connectivity index (χ2n) is 7.36. The highest BCUT2D eigenvalue weighted by Gasteiger charge is 2.30. The van der Waals surface area contributed by atoms with E-state index >= 15 is 0 Å². The van der Waals surface area contributed by atoms with E-state index in [0.717, 1.165) is 34.0 Å². The lowest BCUT2D eigenvalue weighted by atomic mass is 10.1. The molecule has 0 aliphatic carbocycles. The minimum Gasteiger partial charge on any atom is -0.346 e. The molecule has 25 heavy (non-hydrogen) atoms. The van der Waals surface area contributed by atoms with E-state index < -0.39 is 0 Å². The van der Waals surface area contributed by atoms with E-state index in [4.69, 9.17) is 4.98 Å². The topological polar surface area (TPSA) is 39.7 Å². The van der Waals surface area contributed by atoms with Crippen molar-refractivity contribution in [3.05, 3.63) is 23.8 Å². The SMILES string of the molecule is CN(C)C(=O)c1ccc2nc(N3CC[C@@H](N4CCCCC4)C3)sc2c1. The number of fused-ring (bicyclic) bond motifs is 1. The highest BCUT2D eigenvalue weighted by atomic mass is 32.1. The van der Waals surface area contributed by atoms with Gasteiger partial charge in [-0.25, -0.2) is 4.98 Å². The highest BCUT2D eigenvalue weighted by Crippen LogP contribution is 2.33. The Hall–Kier alpha value is -1.66. The number of carbonyl (C=O) groups is 1. The largest absolute Gasteiger partial charge is 0.346 e. The lowest BCUT2D eigenvalue weighted by molar-refractivity contribution is 0.0828. The van der Waals surface area contributed by atoms with E-state index in [1.807, 2.05) is 18.2 Å². The Morgan fingerprint density at radius 1 is 1.20 bits per heavy atom. The van der Waals surface area contributed by atoms with E-state index in [0.29, 0.717) is 6.04 Å². The summed E-state index contributed by atoms with van der Waals surface area (Å²) in [6.07, 6.45) is 5.32. The van der Waals surface area contributed by atoms with Gasteiger partial charge in [0.2, 0.25) is 0 Å². The number of hydrogen-bond donors (Lipinski definition) is 0. The molecule has 2 aromatic rings. The summed E-state index contributed by atoms with van der Waals surface area (Å²) < 4.78 is 1.10. The summed E-state index contributed by atoms with van der Waals surface area (Å²) in [7, 11) is 3.57. The van der Waals surface area contributed by atoms with Gasteiger partial charge in [-0.1, -0.05) is 17.8 Å². The zero-order valence-corrected chi connectivity index (χ0v) is 15.9. The zero-order chi connectivity index (χ0) is 17.4. The second kappa shape index (κ2) is 6.92. The third kappa shape index (κ3) is 3.37. The van der Waals surface area contributed by atoms with Gasteiger partial charge < -0.3 is 9.80 Å². The second-order valence-corrected chi connectivity index (χ2v) is 8.37. The first-order chi connectivity index (χ1) is 12.1. The average molecular weight is 359 g/mol. The number of piperidine rings is 1. The molecule has 2 saturated heterocycles. The van der Waals surface area contributed by atoms with Crippen LogP contribution in [0.2, 0.25) is 0 Å². The summed E-state index contributed by atoms with van der Waals surface area (Å²) in [6, 6.07) is 6.52. The number of carbonyl (C=O) groups excluding carboxylic acids is 1. The summed E-state index contributed by atoms with van der Waals surface area (Å²) >= 11 is 1.71. The third-order valence-corrected chi connectivity index (χ3v) is 6.45. The molecule has 1 amide bonds. The van der Waals surface area contributed by atoms with Crippen LogP contribution in [0.4, 0.5) is 5.13 Å². The maximum absolute atomic E-state index is 12.2. The van der Waals surface area contributed by atoms with E-state index in [-0.39, 0.29) is 5.91 Å². The standard InChI is InChI=1S/C19H26N4OS/c1-21(2)18(24)14-6-7-16-17(12-14)25-19(20-16)23-11-8-15(13-23)22-9-4-3-5-10-22/h6-7,12,15H,3-5,8-11,13H2,1-2H3/t15-/m1/s1. The van der Waals surface area contributed by atoms with Crippen molar-refractivity contribution in [1.82, 2.24) is 14.8 Å². The van der Waals surface area contributed by atoms with Crippen molar-refractivity contribution in [1.29, 1.82) is 0 Å². The first-order valence-corrected chi connectivity index (χ1v) is 10.0. The lowest BCUT2D eigenvalue weighted by Crippen LogP contribution is -2.40. The summed E-state index contributed by atoms with van der Waals surface area (Å²) in [6.45, 7) is 4.69.